The molecule has 146 valence electrons. The fourth-order valence-electron chi connectivity index (χ4n) is 4.65. The van der Waals surface area contributed by atoms with Crippen molar-refractivity contribution in [1.29, 1.82) is 0 Å². The summed E-state index contributed by atoms with van der Waals surface area (Å²) in [4.78, 5) is 0. The number of benzene rings is 1. The van der Waals surface area contributed by atoms with Gasteiger partial charge in [0.2, 0.25) is 0 Å². The van der Waals surface area contributed by atoms with Gasteiger partial charge in [0.05, 0.1) is 7.11 Å². The lowest BCUT2D eigenvalue weighted by Gasteiger charge is -2.38. The van der Waals surface area contributed by atoms with Crippen LogP contribution in [0.3, 0.4) is 0 Å². The van der Waals surface area contributed by atoms with Crippen LogP contribution < -0.4 is 4.74 Å². The van der Waals surface area contributed by atoms with E-state index in [-0.39, 0.29) is 5.41 Å². The van der Waals surface area contributed by atoms with Gasteiger partial charge in [0.15, 0.2) is 5.79 Å². The van der Waals surface area contributed by atoms with Crippen molar-refractivity contribution in [3.8, 4) is 5.75 Å². The van der Waals surface area contributed by atoms with Crippen molar-refractivity contribution in [1.82, 2.24) is 0 Å². The highest BCUT2D eigenvalue weighted by atomic mass is 16.7. The van der Waals surface area contributed by atoms with Gasteiger partial charge in [-0.2, -0.15) is 0 Å². The first kappa shape index (κ1) is 21.0. The van der Waals surface area contributed by atoms with Crippen LogP contribution in [0.4, 0.5) is 0 Å². The lowest BCUT2D eigenvalue weighted by Crippen LogP contribution is -2.33. The first-order chi connectivity index (χ1) is 12.3. The highest BCUT2D eigenvalue weighted by Gasteiger charge is 2.45. The van der Waals surface area contributed by atoms with Crippen molar-refractivity contribution < 1.29 is 14.2 Å². The van der Waals surface area contributed by atoms with Gasteiger partial charge in [0.1, 0.15) is 5.75 Å². The molecular formula is C23H36O3. The minimum absolute atomic E-state index is 0.0525. The Morgan fingerprint density at radius 3 is 2.42 bits per heavy atom. The third kappa shape index (κ3) is 3.44. The molecule has 2 rings (SSSR count). The Morgan fingerprint density at radius 1 is 1.31 bits per heavy atom. The lowest BCUT2D eigenvalue weighted by atomic mass is 9.68. The van der Waals surface area contributed by atoms with E-state index in [9.17, 15) is 0 Å². The highest BCUT2D eigenvalue weighted by Crippen LogP contribution is 2.54. The number of hydrogen-bond acceptors (Lipinski definition) is 3. The van der Waals surface area contributed by atoms with E-state index in [1.165, 1.54) is 24.8 Å². The van der Waals surface area contributed by atoms with E-state index in [2.05, 4.69) is 45.6 Å². The molecule has 0 N–H and O–H groups in total. The molecule has 3 nitrogen and oxygen atoms in total. The minimum Gasteiger partial charge on any atom is -0.496 e. The molecule has 1 aromatic rings. The molecule has 26 heavy (non-hydrogen) atoms. The number of methoxy groups -OCH3 is 3. The summed E-state index contributed by atoms with van der Waals surface area (Å²) < 4.78 is 17.3. The fraction of sp³-hybridized carbons (Fsp3) is 0.652. The van der Waals surface area contributed by atoms with Gasteiger partial charge >= 0.3 is 0 Å². The number of ether oxygens (including phenoxy) is 3. The molecule has 3 atom stereocenters. The second-order valence-corrected chi connectivity index (χ2v) is 7.93. The number of allylic oxidation sites excluding steroid dienone is 1. The predicted molar refractivity (Wildman–Crippen MR) is 108 cm³/mol. The van der Waals surface area contributed by atoms with Crippen LogP contribution >= 0.6 is 0 Å². The average Bonchev–Trinajstić information content (AvgIpc) is 3.11. The first-order valence-electron chi connectivity index (χ1n) is 9.74. The summed E-state index contributed by atoms with van der Waals surface area (Å²) >= 11 is 0. The zero-order valence-corrected chi connectivity index (χ0v) is 17.6. The summed E-state index contributed by atoms with van der Waals surface area (Å²) in [5.41, 5.74) is 3.48. The molecule has 0 saturated heterocycles. The molecule has 1 aliphatic rings. The van der Waals surface area contributed by atoms with E-state index in [4.69, 9.17) is 14.2 Å². The molecule has 1 fully saturated rings. The van der Waals surface area contributed by atoms with Crippen molar-refractivity contribution in [3.63, 3.8) is 0 Å². The van der Waals surface area contributed by atoms with Crippen molar-refractivity contribution in [3.05, 3.63) is 41.5 Å². The molecule has 0 aliphatic heterocycles. The zero-order chi connectivity index (χ0) is 19.5. The Balaban J connectivity index is 2.71. The Bertz CT molecular complexity index is 633. The molecule has 3 unspecified atom stereocenters. The normalized spacial score (nSPS) is 24.5. The zero-order valence-electron chi connectivity index (χ0n) is 17.6. The SMILES string of the molecule is C=CC(C)C1(c2cc(C(C)(OC)OC)cc(C)c2OC)CCC(CC)C1. The molecule has 1 saturated carbocycles. The monoisotopic (exact) mass is 360 g/mol. The van der Waals surface area contributed by atoms with Gasteiger partial charge in [0.25, 0.3) is 0 Å². The Morgan fingerprint density at radius 2 is 1.96 bits per heavy atom. The van der Waals surface area contributed by atoms with Crippen molar-refractivity contribution in [2.45, 2.75) is 64.6 Å². The van der Waals surface area contributed by atoms with E-state index in [0.29, 0.717) is 5.92 Å². The molecule has 0 aromatic heterocycles. The number of aryl methyl sites for hydroxylation is 1. The number of hydrogen-bond donors (Lipinski definition) is 0. The van der Waals surface area contributed by atoms with Gasteiger partial charge in [-0.3, -0.25) is 0 Å². The molecule has 1 aromatic carbocycles. The first-order valence-corrected chi connectivity index (χ1v) is 9.74. The Labute approximate surface area is 159 Å². The average molecular weight is 361 g/mol. The molecule has 0 heterocycles. The summed E-state index contributed by atoms with van der Waals surface area (Å²) in [6.45, 7) is 12.8. The molecule has 1 aliphatic carbocycles. The third-order valence-corrected chi connectivity index (χ3v) is 6.77. The van der Waals surface area contributed by atoms with Crippen LogP contribution in [0.1, 0.15) is 63.1 Å². The van der Waals surface area contributed by atoms with Crippen molar-refractivity contribution >= 4 is 0 Å². The van der Waals surface area contributed by atoms with Gasteiger partial charge in [-0.15, -0.1) is 6.58 Å². The van der Waals surface area contributed by atoms with Gasteiger partial charge in [0, 0.05) is 30.8 Å². The molecule has 0 radical (unpaired) electrons. The van der Waals surface area contributed by atoms with E-state index in [0.717, 1.165) is 29.2 Å². The maximum Gasteiger partial charge on any atom is 0.191 e. The predicted octanol–water partition coefficient (Wildman–Crippen LogP) is 5.74. The summed E-state index contributed by atoms with van der Waals surface area (Å²) in [5.74, 6) is 1.35. The molecular weight excluding hydrogens is 324 g/mol. The van der Waals surface area contributed by atoms with Gasteiger partial charge in [-0.25, -0.2) is 0 Å². The maximum atomic E-state index is 5.90. The quantitative estimate of drug-likeness (QED) is 0.437. The van der Waals surface area contributed by atoms with E-state index in [1.54, 1.807) is 21.3 Å². The minimum atomic E-state index is -0.771. The summed E-state index contributed by atoms with van der Waals surface area (Å²) in [6, 6.07) is 4.37. The van der Waals surface area contributed by atoms with E-state index >= 15 is 0 Å². The topological polar surface area (TPSA) is 27.7 Å². The number of rotatable bonds is 8. The summed E-state index contributed by atoms with van der Waals surface area (Å²) in [6.07, 6.45) is 6.92. The highest BCUT2D eigenvalue weighted by molar-refractivity contribution is 5.50. The molecule has 0 amide bonds. The van der Waals surface area contributed by atoms with Gasteiger partial charge in [-0.1, -0.05) is 26.3 Å². The molecule has 0 spiro atoms. The third-order valence-electron chi connectivity index (χ3n) is 6.77. The van der Waals surface area contributed by atoms with Gasteiger partial charge in [-0.05, 0) is 62.6 Å². The van der Waals surface area contributed by atoms with Crippen LogP contribution in [-0.4, -0.2) is 21.3 Å². The second-order valence-electron chi connectivity index (χ2n) is 7.93. The van der Waals surface area contributed by atoms with Crippen LogP contribution in [0, 0.1) is 18.8 Å². The van der Waals surface area contributed by atoms with Crippen LogP contribution in [0.5, 0.6) is 5.75 Å². The van der Waals surface area contributed by atoms with E-state index < -0.39 is 5.79 Å². The summed E-state index contributed by atoms with van der Waals surface area (Å²) in [5, 5.41) is 0. The van der Waals surface area contributed by atoms with Gasteiger partial charge < -0.3 is 14.2 Å². The van der Waals surface area contributed by atoms with Crippen LogP contribution in [0.25, 0.3) is 0 Å². The van der Waals surface area contributed by atoms with Crippen molar-refractivity contribution in [2.24, 2.45) is 11.8 Å². The van der Waals surface area contributed by atoms with E-state index in [1.807, 2.05) is 6.92 Å². The van der Waals surface area contributed by atoms with Crippen LogP contribution in [0.15, 0.2) is 24.8 Å². The molecule has 3 heteroatoms. The van der Waals surface area contributed by atoms with Crippen LogP contribution in [0.2, 0.25) is 0 Å². The standard InChI is InChI=1S/C23H36O3/c1-9-17(4)23(12-11-18(10-2)15-23)20-14-19(22(5,25-7)26-8)13-16(3)21(20)24-6/h9,13-14,17-18H,1,10-12,15H2,2-8H3. The molecule has 0 bridgehead atoms. The lowest BCUT2D eigenvalue weighted by molar-refractivity contribution is -0.201. The smallest absolute Gasteiger partial charge is 0.191 e. The maximum absolute atomic E-state index is 5.90. The summed E-state index contributed by atoms with van der Waals surface area (Å²) in [7, 11) is 5.15. The van der Waals surface area contributed by atoms with Crippen LogP contribution in [-0.2, 0) is 20.7 Å². The fourth-order valence-corrected chi connectivity index (χ4v) is 4.65. The largest absolute Gasteiger partial charge is 0.496 e. The second kappa shape index (κ2) is 8.14. The Hall–Kier alpha value is -1.32. The van der Waals surface area contributed by atoms with Crippen molar-refractivity contribution in [2.75, 3.05) is 21.3 Å². The Kier molecular flexibility index (Phi) is 6.57.